The zero-order chi connectivity index (χ0) is 27.3. The van der Waals surface area contributed by atoms with Crippen LogP contribution in [0.25, 0.3) is 0 Å². The van der Waals surface area contributed by atoms with Gasteiger partial charge in [0.2, 0.25) is 0 Å². The van der Waals surface area contributed by atoms with Crippen LogP contribution in [0, 0.1) is 0 Å². The number of allylic oxidation sites excluding steroid dienone is 1. The van der Waals surface area contributed by atoms with E-state index >= 15 is 0 Å². The topological polar surface area (TPSA) is 83.5 Å². The normalized spacial score (nSPS) is 22.7. The highest BCUT2D eigenvalue weighted by molar-refractivity contribution is 5.89. The maximum Gasteiger partial charge on any atom is 0.338 e. The predicted molar refractivity (Wildman–Crippen MR) is 147 cm³/mol. The van der Waals surface area contributed by atoms with Crippen molar-refractivity contribution in [3.8, 4) is 0 Å². The second-order valence-electron chi connectivity index (χ2n) is 9.33. The Bertz CT molecular complexity index is 1120. The number of benzene rings is 3. The first-order valence-corrected chi connectivity index (χ1v) is 13.2. The Morgan fingerprint density at radius 2 is 1.46 bits per heavy atom. The van der Waals surface area contributed by atoms with Crippen molar-refractivity contribution in [1.82, 2.24) is 0 Å². The smallest absolute Gasteiger partial charge is 0.338 e. The third-order valence-electron chi connectivity index (χ3n) is 6.38. The van der Waals surface area contributed by atoms with Crippen molar-refractivity contribution in [3.05, 3.63) is 120 Å². The summed E-state index contributed by atoms with van der Waals surface area (Å²) >= 11 is 0. The lowest BCUT2D eigenvalue weighted by atomic mass is 9.98. The first kappa shape index (κ1) is 28.7. The van der Waals surface area contributed by atoms with Crippen LogP contribution in [0.5, 0.6) is 0 Å². The summed E-state index contributed by atoms with van der Waals surface area (Å²) in [4.78, 5) is 13.1. The molecular weight excluding hydrogens is 496 g/mol. The molecule has 1 aliphatic rings. The minimum Gasteiger partial charge on any atom is -0.450 e. The zero-order valence-electron chi connectivity index (χ0n) is 22.0. The third kappa shape index (κ3) is 8.58. The molecule has 1 heterocycles. The van der Waals surface area contributed by atoms with Gasteiger partial charge in [0.25, 0.3) is 0 Å². The van der Waals surface area contributed by atoms with Crippen LogP contribution >= 0.6 is 0 Å². The maximum atomic E-state index is 13.1. The van der Waals surface area contributed by atoms with Gasteiger partial charge in [-0.1, -0.05) is 84.9 Å². The lowest BCUT2D eigenvalue weighted by molar-refractivity contribution is -0.310. The van der Waals surface area contributed by atoms with Gasteiger partial charge < -0.3 is 28.8 Å². The fourth-order valence-corrected chi connectivity index (χ4v) is 4.31. The first-order chi connectivity index (χ1) is 19.2. The Hall–Kier alpha value is -3.33. The van der Waals surface area contributed by atoms with Gasteiger partial charge in [-0.25, -0.2) is 4.79 Å². The Labute approximate surface area is 229 Å². The van der Waals surface area contributed by atoms with E-state index in [0.717, 1.165) is 24.0 Å². The Kier molecular flexibility index (Phi) is 11.3. The summed E-state index contributed by atoms with van der Waals surface area (Å²) in [5, 5.41) is 11.4. The summed E-state index contributed by atoms with van der Waals surface area (Å²) in [6, 6.07) is 28.0. The monoisotopic (exact) mass is 532 g/mol. The molecule has 0 amide bonds. The number of carbonyl (C=O) groups is 1. The van der Waals surface area contributed by atoms with Gasteiger partial charge in [-0.15, -0.1) is 6.58 Å². The van der Waals surface area contributed by atoms with Gasteiger partial charge in [0.1, 0.15) is 18.3 Å². The van der Waals surface area contributed by atoms with E-state index in [1.807, 2.05) is 72.8 Å². The van der Waals surface area contributed by atoms with Crippen molar-refractivity contribution in [3.63, 3.8) is 0 Å². The highest BCUT2D eigenvalue weighted by Gasteiger charge is 2.49. The highest BCUT2D eigenvalue weighted by atomic mass is 16.7. The Morgan fingerprint density at radius 3 is 2.10 bits per heavy atom. The molecule has 0 radical (unpaired) electrons. The molecule has 206 valence electrons. The van der Waals surface area contributed by atoms with Gasteiger partial charge in [-0.2, -0.15) is 0 Å². The molecule has 7 nitrogen and oxygen atoms in total. The van der Waals surface area contributed by atoms with Crippen molar-refractivity contribution in [1.29, 1.82) is 0 Å². The van der Waals surface area contributed by atoms with Gasteiger partial charge in [-0.05, 0) is 36.1 Å². The van der Waals surface area contributed by atoms with Gasteiger partial charge in [0.15, 0.2) is 12.4 Å². The van der Waals surface area contributed by atoms with Crippen molar-refractivity contribution in [2.75, 3.05) is 13.2 Å². The van der Waals surface area contributed by atoms with E-state index in [0.29, 0.717) is 18.8 Å². The molecule has 0 unspecified atom stereocenters. The lowest BCUT2D eigenvalue weighted by Gasteiger charge is -2.43. The standard InChI is InChI=1S/C32H36O7/c1-2-3-13-20-36-32-30(39-31(34)26-18-11-6-12-19-26)29(37-22-25-16-9-5-10-17-25)28(33)27(38-32)23-35-21-24-14-7-4-8-15-24/h2,4-12,14-19,27-30,32-33H,1,3,13,20-23H2/t27-,28-,29+,30+,32+/m1/s1. The van der Waals surface area contributed by atoms with Crippen molar-refractivity contribution < 1.29 is 33.6 Å². The fraction of sp³-hybridized carbons (Fsp3) is 0.344. The summed E-state index contributed by atoms with van der Waals surface area (Å²) in [5.74, 6) is -0.553. The molecule has 0 spiro atoms. The number of carbonyl (C=O) groups excluding carboxylic acids is 1. The van der Waals surface area contributed by atoms with Crippen LogP contribution in [0.4, 0.5) is 0 Å². The van der Waals surface area contributed by atoms with Crippen LogP contribution in [0.15, 0.2) is 104 Å². The number of ether oxygens (including phenoxy) is 5. The van der Waals surface area contributed by atoms with Crippen LogP contribution in [-0.4, -0.2) is 55.0 Å². The number of aliphatic hydroxyl groups excluding tert-OH is 1. The van der Waals surface area contributed by atoms with Crippen molar-refractivity contribution in [2.45, 2.75) is 56.8 Å². The molecule has 5 atom stereocenters. The number of hydrogen-bond acceptors (Lipinski definition) is 7. The van der Waals surface area contributed by atoms with E-state index in [4.69, 9.17) is 23.7 Å². The van der Waals surface area contributed by atoms with Crippen LogP contribution in [0.2, 0.25) is 0 Å². The molecular formula is C32H36O7. The van der Waals surface area contributed by atoms with E-state index < -0.39 is 36.7 Å². The largest absolute Gasteiger partial charge is 0.450 e. The summed E-state index contributed by atoms with van der Waals surface area (Å²) in [6.45, 7) is 4.79. The molecule has 7 heteroatoms. The van der Waals surface area contributed by atoms with Gasteiger partial charge in [0.05, 0.1) is 32.0 Å². The summed E-state index contributed by atoms with van der Waals surface area (Å²) in [6.07, 6.45) is -1.48. The van der Waals surface area contributed by atoms with Crippen molar-refractivity contribution >= 4 is 5.97 Å². The summed E-state index contributed by atoms with van der Waals surface area (Å²) in [5.41, 5.74) is 2.31. The van der Waals surface area contributed by atoms with Crippen molar-refractivity contribution in [2.24, 2.45) is 0 Å². The van der Waals surface area contributed by atoms with E-state index in [9.17, 15) is 9.90 Å². The van der Waals surface area contributed by atoms with Crippen LogP contribution in [0.1, 0.15) is 34.3 Å². The summed E-state index contributed by atoms with van der Waals surface area (Å²) in [7, 11) is 0. The number of esters is 1. The number of rotatable bonds is 14. The maximum absolute atomic E-state index is 13.1. The molecule has 0 bridgehead atoms. The van der Waals surface area contributed by atoms with Crippen LogP contribution in [-0.2, 0) is 36.9 Å². The number of aliphatic hydroxyl groups is 1. The molecule has 1 fully saturated rings. The Morgan fingerprint density at radius 1 is 0.846 bits per heavy atom. The minimum atomic E-state index is -1.13. The van der Waals surface area contributed by atoms with Gasteiger partial charge in [0, 0.05) is 0 Å². The molecule has 0 saturated carbocycles. The molecule has 1 saturated heterocycles. The third-order valence-corrected chi connectivity index (χ3v) is 6.38. The molecule has 1 N–H and O–H groups in total. The molecule has 3 aromatic carbocycles. The lowest BCUT2D eigenvalue weighted by Crippen LogP contribution is -2.61. The van der Waals surface area contributed by atoms with E-state index in [2.05, 4.69) is 6.58 Å². The highest BCUT2D eigenvalue weighted by Crippen LogP contribution is 2.29. The molecule has 39 heavy (non-hydrogen) atoms. The van der Waals surface area contributed by atoms with Gasteiger partial charge in [-0.3, -0.25) is 0 Å². The summed E-state index contributed by atoms with van der Waals surface area (Å²) < 4.78 is 30.3. The van der Waals surface area contributed by atoms with E-state index in [1.165, 1.54) is 0 Å². The van der Waals surface area contributed by atoms with Crippen LogP contribution in [0.3, 0.4) is 0 Å². The molecule has 0 aliphatic carbocycles. The first-order valence-electron chi connectivity index (χ1n) is 13.2. The predicted octanol–water partition coefficient (Wildman–Crippen LogP) is 5.08. The number of unbranched alkanes of at least 4 members (excludes halogenated alkanes) is 1. The molecule has 4 rings (SSSR count). The fourth-order valence-electron chi connectivity index (χ4n) is 4.31. The average Bonchev–Trinajstić information content (AvgIpc) is 2.98. The molecule has 3 aromatic rings. The van der Waals surface area contributed by atoms with E-state index in [1.54, 1.807) is 24.3 Å². The SMILES string of the molecule is C=CCCCO[C@H]1O[C@H](COCc2ccccc2)[C@@H](O)[C@H](OCc2ccccc2)[C@@H]1OC(=O)c1ccccc1. The Balaban J connectivity index is 1.53. The average molecular weight is 533 g/mol. The molecule has 1 aliphatic heterocycles. The minimum absolute atomic E-state index is 0.104. The molecule has 0 aromatic heterocycles. The second kappa shape index (κ2) is 15.3. The van der Waals surface area contributed by atoms with Crippen LogP contribution < -0.4 is 0 Å². The second-order valence-corrected chi connectivity index (χ2v) is 9.33. The van der Waals surface area contributed by atoms with Gasteiger partial charge >= 0.3 is 5.97 Å². The quantitative estimate of drug-likeness (QED) is 0.176. The van der Waals surface area contributed by atoms with E-state index in [-0.39, 0.29) is 13.2 Å². The zero-order valence-corrected chi connectivity index (χ0v) is 22.0. The number of hydrogen-bond donors (Lipinski definition) is 1.